The predicted octanol–water partition coefficient (Wildman–Crippen LogP) is 2.90. The Morgan fingerprint density at radius 1 is 1.05 bits per heavy atom. The average molecular weight is 274 g/mol. The van der Waals surface area contributed by atoms with Gasteiger partial charge >= 0.3 is 11.9 Å². The molecular weight excluding hydrogens is 260 g/mol. The van der Waals surface area contributed by atoms with Gasteiger partial charge in [0.2, 0.25) is 0 Å². The first-order valence-electron chi connectivity index (χ1n) is 5.99. The number of rotatable bonds is 3. The summed E-state index contributed by atoms with van der Waals surface area (Å²) in [5.41, 5.74) is 0.780. The molecule has 0 radical (unpaired) electrons. The molecule has 0 amide bonds. The van der Waals surface area contributed by atoms with E-state index in [4.69, 9.17) is 9.15 Å². The Hall–Kier alpha value is -2.56. The predicted molar refractivity (Wildman–Crippen MR) is 70.9 cm³/mol. The lowest BCUT2D eigenvalue weighted by molar-refractivity contribution is 0.0600. The molecule has 20 heavy (non-hydrogen) atoms. The Kier molecular flexibility index (Phi) is 3.89. The summed E-state index contributed by atoms with van der Waals surface area (Å²) < 4.78 is 15.1. The standard InChI is InChI=1S/C15H14O5/c1-9-8-13(10(2)19-9)15(17)20-12-6-4-11(5-7-12)14(16)18-3/h4-8H,1-3H3. The molecular formula is C15H14O5. The molecule has 0 bridgehead atoms. The lowest BCUT2D eigenvalue weighted by Crippen LogP contribution is -2.09. The van der Waals surface area contributed by atoms with E-state index in [1.165, 1.54) is 31.4 Å². The number of esters is 2. The molecule has 1 aromatic carbocycles. The fourth-order valence-corrected chi connectivity index (χ4v) is 1.77. The molecule has 0 N–H and O–H groups in total. The van der Waals surface area contributed by atoms with Gasteiger partial charge in [0.05, 0.1) is 12.7 Å². The number of benzene rings is 1. The van der Waals surface area contributed by atoms with Gasteiger partial charge in [0.1, 0.15) is 22.8 Å². The van der Waals surface area contributed by atoms with E-state index in [2.05, 4.69) is 4.74 Å². The fraction of sp³-hybridized carbons (Fsp3) is 0.200. The number of hydrogen-bond donors (Lipinski definition) is 0. The van der Waals surface area contributed by atoms with Gasteiger partial charge < -0.3 is 13.9 Å². The second-order valence-corrected chi connectivity index (χ2v) is 4.23. The number of carbonyl (C=O) groups is 2. The van der Waals surface area contributed by atoms with Crippen molar-refractivity contribution in [1.82, 2.24) is 0 Å². The SMILES string of the molecule is COC(=O)c1ccc(OC(=O)c2cc(C)oc2C)cc1. The zero-order valence-electron chi connectivity index (χ0n) is 11.4. The maximum Gasteiger partial charge on any atom is 0.347 e. The first-order chi connectivity index (χ1) is 9.51. The van der Waals surface area contributed by atoms with Crippen LogP contribution in [0.25, 0.3) is 0 Å². The van der Waals surface area contributed by atoms with Crippen LogP contribution in [-0.4, -0.2) is 19.0 Å². The molecule has 0 fully saturated rings. The van der Waals surface area contributed by atoms with Gasteiger partial charge in [-0.3, -0.25) is 0 Å². The summed E-state index contributed by atoms with van der Waals surface area (Å²) in [6, 6.07) is 7.75. The van der Waals surface area contributed by atoms with E-state index < -0.39 is 11.9 Å². The van der Waals surface area contributed by atoms with Crippen molar-refractivity contribution >= 4 is 11.9 Å². The molecule has 0 saturated carbocycles. The zero-order valence-corrected chi connectivity index (χ0v) is 11.4. The molecule has 0 unspecified atom stereocenters. The number of methoxy groups -OCH3 is 1. The molecule has 1 heterocycles. The van der Waals surface area contributed by atoms with Crippen molar-refractivity contribution in [2.24, 2.45) is 0 Å². The van der Waals surface area contributed by atoms with Crippen LogP contribution in [0.2, 0.25) is 0 Å². The Morgan fingerprint density at radius 3 is 2.20 bits per heavy atom. The van der Waals surface area contributed by atoms with Crippen LogP contribution in [0.1, 0.15) is 32.2 Å². The van der Waals surface area contributed by atoms with Crippen LogP contribution in [0.4, 0.5) is 0 Å². The van der Waals surface area contributed by atoms with Gasteiger partial charge in [-0.05, 0) is 44.2 Å². The van der Waals surface area contributed by atoms with E-state index in [-0.39, 0.29) is 0 Å². The lowest BCUT2D eigenvalue weighted by atomic mass is 10.2. The summed E-state index contributed by atoms with van der Waals surface area (Å²) in [6.45, 7) is 3.46. The number of carbonyl (C=O) groups excluding carboxylic acids is 2. The van der Waals surface area contributed by atoms with Gasteiger partial charge in [-0.2, -0.15) is 0 Å². The number of ether oxygens (including phenoxy) is 2. The Bertz CT molecular complexity index is 637. The molecule has 0 saturated heterocycles. The highest BCUT2D eigenvalue weighted by Gasteiger charge is 2.16. The monoisotopic (exact) mass is 274 g/mol. The molecule has 1 aromatic heterocycles. The molecule has 2 aromatic rings. The first kappa shape index (κ1) is 13.9. The van der Waals surface area contributed by atoms with Crippen LogP contribution in [0.15, 0.2) is 34.7 Å². The largest absolute Gasteiger partial charge is 0.466 e. The number of hydrogen-bond acceptors (Lipinski definition) is 5. The molecule has 0 aliphatic rings. The summed E-state index contributed by atoms with van der Waals surface area (Å²) >= 11 is 0. The molecule has 0 spiro atoms. The molecule has 0 aliphatic carbocycles. The third-order valence-corrected chi connectivity index (χ3v) is 2.75. The van der Waals surface area contributed by atoms with Gasteiger partial charge in [-0.1, -0.05) is 0 Å². The highest BCUT2D eigenvalue weighted by molar-refractivity contribution is 5.92. The van der Waals surface area contributed by atoms with Crippen molar-refractivity contribution in [3.8, 4) is 5.75 Å². The van der Waals surface area contributed by atoms with Crippen molar-refractivity contribution in [2.45, 2.75) is 13.8 Å². The highest BCUT2D eigenvalue weighted by atomic mass is 16.5. The second-order valence-electron chi connectivity index (χ2n) is 4.23. The maximum atomic E-state index is 11.9. The quantitative estimate of drug-likeness (QED) is 0.636. The zero-order chi connectivity index (χ0) is 14.7. The number of aryl methyl sites for hydroxylation is 2. The number of furan rings is 1. The summed E-state index contributed by atoms with van der Waals surface area (Å²) in [7, 11) is 1.31. The van der Waals surface area contributed by atoms with E-state index in [0.29, 0.717) is 28.4 Å². The van der Waals surface area contributed by atoms with Gasteiger partial charge in [0, 0.05) is 0 Å². The molecule has 5 nitrogen and oxygen atoms in total. The van der Waals surface area contributed by atoms with Crippen molar-refractivity contribution < 1.29 is 23.5 Å². The van der Waals surface area contributed by atoms with Crippen LogP contribution >= 0.6 is 0 Å². The second kappa shape index (κ2) is 5.61. The van der Waals surface area contributed by atoms with Crippen LogP contribution < -0.4 is 4.74 Å². The van der Waals surface area contributed by atoms with E-state index in [1.807, 2.05) is 0 Å². The van der Waals surface area contributed by atoms with E-state index in [0.717, 1.165) is 0 Å². The summed E-state index contributed by atoms with van der Waals surface area (Å²) in [4.78, 5) is 23.2. The molecule has 5 heteroatoms. The lowest BCUT2D eigenvalue weighted by Gasteiger charge is -2.04. The molecule has 104 valence electrons. The molecule has 0 aliphatic heterocycles. The van der Waals surface area contributed by atoms with Gasteiger partial charge in [0.25, 0.3) is 0 Å². The Balaban J connectivity index is 2.12. The average Bonchev–Trinajstić information content (AvgIpc) is 2.78. The van der Waals surface area contributed by atoms with Gasteiger partial charge in [0.15, 0.2) is 0 Å². The maximum absolute atomic E-state index is 11.9. The van der Waals surface area contributed by atoms with E-state index in [1.54, 1.807) is 19.9 Å². The van der Waals surface area contributed by atoms with Crippen molar-refractivity contribution in [2.75, 3.05) is 7.11 Å². The first-order valence-corrected chi connectivity index (χ1v) is 5.99. The minimum absolute atomic E-state index is 0.348. The Morgan fingerprint density at radius 2 is 1.70 bits per heavy atom. The smallest absolute Gasteiger partial charge is 0.347 e. The van der Waals surface area contributed by atoms with Gasteiger partial charge in [-0.15, -0.1) is 0 Å². The van der Waals surface area contributed by atoms with Crippen molar-refractivity contribution in [3.05, 3.63) is 53.0 Å². The Labute approximate surface area is 116 Å². The third kappa shape index (κ3) is 2.88. The minimum Gasteiger partial charge on any atom is -0.466 e. The van der Waals surface area contributed by atoms with Crippen LogP contribution in [0.5, 0.6) is 5.75 Å². The van der Waals surface area contributed by atoms with Crippen LogP contribution in [0.3, 0.4) is 0 Å². The van der Waals surface area contributed by atoms with E-state index in [9.17, 15) is 9.59 Å². The summed E-state index contributed by atoms with van der Waals surface area (Å²) in [5, 5.41) is 0. The van der Waals surface area contributed by atoms with Crippen LogP contribution in [-0.2, 0) is 4.74 Å². The minimum atomic E-state index is -0.495. The van der Waals surface area contributed by atoms with Crippen LogP contribution in [0, 0.1) is 13.8 Å². The third-order valence-electron chi connectivity index (χ3n) is 2.75. The highest BCUT2D eigenvalue weighted by Crippen LogP contribution is 2.18. The summed E-state index contributed by atoms with van der Waals surface area (Å²) in [5.74, 6) is 0.574. The van der Waals surface area contributed by atoms with Gasteiger partial charge in [-0.25, -0.2) is 9.59 Å². The normalized spacial score (nSPS) is 10.2. The molecule has 2 rings (SSSR count). The summed E-state index contributed by atoms with van der Waals surface area (Å²) in [6.07, 6.45) is 0. The topological polar surface area (TPSA) is 65.7 Å². The van der Waals surface area contributed by atoms with Crippen molar-refractivity contribution in [3.63, 3.8) is 0 Å². The molecule has 0 atom stereocenters. The van der Waals surface area contributed by atoms with Crippen molar-refractivity contribution in [1.29, 1.82) is 0 Å². The fourth-order valence-electron chi connectivity index (χ4n) is 1.77. The van der Waals surface area contributed by atoms with E-state index >= 15 is 0 Å².